The van der Waals surface area contributed by atoms with Crippen LogP contribution in [-0.2, 0) is 0 Å². The van der Waals surface area contributed by atoms with Crippen LogP contribution in [0.4, 0.5) is 5.82 Å². The first-order valence-corrected chi connectivity index (χ1v) is 6.90. The molecule has 4 heteroatoms. The van der Waals surface area contributed by atoms with E-state index in [4.69, 9.17) is 5.73 Å². The Morgan fingerprint density at radius 1 is 1.33 bits per heavy atom. The highest BCUT2D eigenvalue weighted by molar-refractivity contribution is 9.10. The maximum absolute atomic E-state index is 5.84. The number of nitrogens with zero attached hydrogens (tertiary/aromatic N) is 1. The molecule has 0 fully saturated rings. The monoisotopic (exact) mass is 307 g/mol. The van der Waals surface area contributed by atoms with Crippen LogP contribution in [0.5, 0.6) is 0 Å². The van der Waals surface area contributed by atoms with Gasteiger partial charge in [-0.2, -0.15) is 0 Å². The molecular weight excluding hydrogens is 290 g/mol. The molecule has 0 radical (unpaired) electrons. The highest BCUT2D eigenvalue weighted by Gasteiger charge is 2.21. The Balaban J connectivity index is 2.49. The van der Waals surface area contributed by atoms with Crippen LogP contribution in [0.2, 0.25) is 0 Å². The summed E-state index contributed by atoms with van der Waals surface area (Å²) < 4.78 is 1.08. The van der Waals surface area contributed by atoms with Gasteiger partial charge in [0.05, 0.1) is 0 Å². The Kier molecular flexibility index (Phi) is 3.88. The third kappa shape index (κ3) is 2.49. The molecule has 2 aromatic rings. The molecule has 96 valence electrons. The summed E-state index contributed by atoms with van der Waals surface area (Å²) in [6, 6.07) is 8.14. The Bertz CT molecular complexity index is 550. The molecule has 0 amide bonds. The highest BCUT2D eigenvalue weighted by Crippen LogP contribution is 2.29. The van der Waals surface area contributed by atoms with E-state index in [9.17, 15) is 0 Å². The third-order valence-corrected chi connectivity index (χ3v) is 4.10. The molecule has 0 spiro atoms. The zero-order chi connectivity index (χ0) is 13.2. The maximum Gasteiger partial charge on any atom is 0.134 e. The van der Waals surface area contributed by atoms with E-state index in [1.54, 1.807) is 0 Å². The van der Waals surface area contributed by atoms with Gasteiger partial charge in [-0.15, -0.1) is 0 Å². The predicted octanol–water partition coefficient (Wildman–Crippen LogP) is 3.54. The quantitative estimate of drug-likeness (QED) is 0.908. The van der Waals surface area contributed by atoms with E-state index in [2.05, 4.69) is 46.1 Å². The summed E-state index contributed by atoms with van der Waals surface area (Å²) in [6.45, 7) is 4.82. The minimum atomic E-state index is -0.121. The van der Waals surface area contributed by atoms with Gasteiger partial charge in [-0.25, -0.2) is 4.98 Å². The molecule has 0 aliphatic heterocycles. The SMILES string of the molecule is CCC(C)(CN)Nc1nccc2c(Br)cccc12. The smallest absolute Gasteiger partial charge is 0.134 e. The van der Waals surface area contributed by atoms with Gasteiger partial charge in [0.1, 0.15) is 5.82 Å². The summed E-state index contributed by atoms with van der Waals surface area (Å²) in [4.78, 5) is 4.44. The summed E-state index contributed by atoms with van der Waals surface area (Å²) in [7, 11) is 0. The summed E-state index contributed by atoms with van der Waals surface area (Å²) in [5, 5.41) is 5.74. The van der Waals surface area contributed by atoms with Crippen molar-refractivity contribution in [2.24, 2.45) is 5.73 Å². The van der Waals surface area contributed by atoms with Crippen molar-refractivity contribution in [3.63, 3.8) is 0 Å². The van der Waals surface area contributed by atoms with Gasteiger partial charge in [0, 0.05) is 33.5 Å². The molecule has 1 atom stereocenters. The molecule has 1 aromatic carbocycles. The minimum Gasteiger partial charge on any atom is -0.363 e. The zero-order valence-electron chi connectivity index (χ0n) is 10.7. The van der Waals surface area contributed by atoms with Crippen molar-refractivity contribution in [1.82, 2.24) is 4.98 Å². The minimum absolute atomic E-state index is 0.121. The first kappa shape index (κ1) is 13.3. The van der Waals surface area contributed by atoms with Crippen molar-refractivity contribution in [2.45, 2.75) is 25.8 Å². The van der Waals surface area contributed by atoms with Gasteiger partial charge in [0.2, 0.25) is 0 Å². The van der Waals surface area contributed by atoms with E-state index in [-0.39, 0.29) is 5.54 Å². The Morgan fingerprint density at radius 2 is 2.11 bits per heavy atom. The van der Waals surface area contributed by atoms with E-state index in [0.717, 1.165) is 27.5 Å². The van der Waals surface area contributed by atoms with Gasteiger partial charge in [0.25, 0.3) is 0 Å². The molecule has 18 heavy (non-hydrogen) atoms. The highest BCUT2D eigenvalue weighted by atomic mass is 79.9. The molecule has 1 heterocycles. The maximum atomic E-state index is 5.84. The number of aromatic nitrogens is 1. The number of benzene rings is 1. The largest absolute Gasteiger partial charge is 0.363 e. The van der Waals surface area contributed by atoms with Crippen LogP contribution >= 0.6 is 15.9 Å². The average Bonchev–Trinajstić information content (AvgIpc) is 2.40. The standard InChI is InChI=1S/C14H18BrN3/c1-3-14(2,9-16)18-13-11-5-4-6-12(15)10(11)7-8-17-13/h4-8H,3,9,16H2,1-2H3,(H,17,18). The fraction of sp³-hybridized carbons (Fsp3) is 0.357. The second-order valence-corrected chi connectivity index (χ2v) is 5.59. The van der Waals surface area contributed by atoms with Gasteiger partial charge in [0.15, 0.2) is 0 Å². The second kappa shape index (κ2) is 5.24. The van der Waals surface area contributed by atoms with E-state index >= 15 is 0 Å². The lowest BCUT2D eigenvalue weighted by molar-refractivity contribution is 0.505. The fourth-order valence-corrected chi connectivity index (χ4v) is 2.34. The van der Waals surface area contributed by atoms with Crippen molar-refractivity contribution in [3.8, 4) is 0 Å². The Labute approximate surface area is 116 Å². The number of anilines is 1. The first-order chi connectivity index (χ1) is 8.59. The van der Waals surface area contributed by atoms with E-state index in [0.29, 0.717) is 6.54 Å². The lowest BCUT2D eigenvalue weighted by Crippen LogP contribution is -2.42. The normalized spacial score (nSPS) is 14.4. The number of rotatable bonds is 4. The third-order valence-electron chi connectivity index (χ3n) is 3.40. The van der Waals surface area contributed by atoms with Crippen molar-refractivity contribution in [1.29, 1.82) is 0 Å². The van der Waals surface area contributed by atoms with Gasteiger partial charge in [-0.1, -0.05) is 35.0 Å². The van der Waals surface area contributed by atoms with Gasteiger partial charge in [-0.05, 0) is 25.5 Å². The zero-order valence-corrected chi connectivity index (χ0v) is 12.3. The van der Waals surface area contributed by atoms with Crippen LogP contribution in [0.3, 0.4) is 0 Å². The molecule has 1 unspecified atom stereocenters. The summed E-state index contributed by atoms with van der Waals surface area (Å²) >= 11 is 3.56. The Hall–Kier alpha value is -1.13. The topological polar surface area (TPSA) is 50.9 Å². The number of pyridine rings is 1. The van der Waals surface area contributed by atoms with Crippen LogP contribution in [0.15, 0.2) is 34.9 Å². The Morgan fingerprint density at radius 3 is 2.78 bits per heavy atom. The number of hydrogen-bond acceptors (Lipinski definition) is 3. The number of nitrogens with two attached hydrogens (primary N) is 1. The van der Waals surface area contributed by atoms with Crippen molar-refractivity contribution < 1.29 is 0 Å². The summed E-state index contributed by atoms with van der Waals surface area (Å²) in [5.74, 6) is 0.892. The summed E-state index contributed by atoms with van der Waals surface area (Å²) in [5.41, 5.74) is 5.72. The summed E-state index contributed by atoms with van der Waals surface area (Å²) in [6.07, 6.45) is 2.78. The van der Waals surface area contributed by atoms with E-state index < -0.39 is 0 Å². The van der Waals surface area contributed by atoms with Crippen LogP contribution in [0, 0.1) is 0 Å². The van der Waals surface area contributed by atoms with Gasteiger partial charge >= 0.3 is 0 Å². The second-order valence-electron chi connectivity index (χ2n) is 4.74. The molecule has 0 bridgehead atoms. The molecular formula is C14H18BrN3. The average molecular weight is 308 g/mol. The fourth-order valence-electron chi connectivity index (χ4n) is 1.84. The van der Waals surface area contributed by atoms with Gasteiger partial charge in [-0.3, -0.25) is 0 Å². The number of fused-ring (bicyclic) bond motifs is 1. The molecule has 0 saturated carbocycles. The molecule has 0 aliphatic carbocycles. The molecule has 3 N–H and O–H groups in total. The predicted molar refractivity (Wildman–Crippen MR) is 80.8 cm³/mol. The molecule has 3 nitrogen and oxygen atoms in total. The number of nitrogens with one attached hydrogen (secondary N) is 1. The van der Waals surface area contributed by atoms with E-state index in [1.807, 2.05) is 24.4 Å². The van der Waals surface area contributed by atoms with Crippen LogP contribution < -0.4 is 11.1 Å². The number of halogens is 1. The van der Waals surface area contributed by atoms with Crippen molar-refractivity contribution >= 4 is 32.5 Å². The lowest BCUT2D eigenvalue weighted by Gasteiger charge is -2.29. The van der Waals surface area contributed by atoms with Crippen LogP contribution in [-0.4, -0.2) is 17.1 Å². The molecule has 0 saturated heterocycles. The van der Waals surface area contributed by atoms with Gasteiger partial charge < -0.3 is 11.1 Å². The number of hydrogen-bond donors (Lipinski definition) is 2. The van der Waals surface area contributed by atoms with Crippen LogP contribution in [0.25, 0.3) is 10.8 Å². The lowest BCUT2D eigenvalue weighted by atomic mass is 9.99. The molecule has 1 aromatic heterocycles. The molecule has 0 aliphatic rings. The van der Waals surface area contributed by atoms with Crippen LogP contribution in [0.1, 0.15) is 20.3 Å². The first-order valence-electron chi connectivity index (χ1n) is 6.11. The van der Waals surface area contributed by atoms with Crippen molar-refractivity contribution in [3.05, 3.63) is 34.9 Å². The molecule has 2 rings (SSSR count). The van der Waals surface area contributed by atoms with E-state index in [1.165, 1.54) is 0 Å². The van der Waals surface area contributed by atoms with Crippen molar-refractivity contribution in [2.75, 3.05) is 11.9 Å².